The molecular formula is C12H15F3N6O2. The van der Waals surface area contributed by atoms with Crippen LogP contribution in [0.25, 0.3) is 0 Å². The van der Waals surface area contributed by atoms with Crippen LogP contribution < -0.4 is 5.32 Å². The van der Waals surface area contributed by atoms with E-state index < -0.39 is 18.8 Å². The van der Waals surface area contributed by atoms with Crippen molar-refractivity contribution in [1.82, 2.24) is 30.1 Å². The van der Waals surface area contributed by atoms with Gasteiger partial charge in [0.15, 0.2) is 0 Å². The van der Waals surface area contributed by atoms with Crippen molar-refractivity contribution in [2.45, 2.75) is 32.7 Å². The third kappa shape index (κ3) is 4.69. The summed E-state index contributed by atoms with van der Waals surface area (Å²) in [4.78, 5) is 17.0. The first-order chi connectivity index (χ1) is 10.8. The summed E-state index contributed by atoms with van der Waals surface area (Å²) in [5, 5.41) is 9.76. The van der Waals surface area contributed by atoms with Crippen molar-refractivity contribution in [2.24, 2.45) is 0 Å². The molecule has 0 aliphatic rings. The zero-order chi connectivity index (χ0) is 17.0. The number of carbonyl (C=O) groups excluding carboxylic acids is 1. The number of amides is 2. The van der Waals surface area contributed by atoms with E-state index in [1.54, 1.807) is 6.92 Å². The maximum absolute atomic E-state index is 12.4. The van der Waals surface area contributed by atoms with E-state index in [1.165, 1.54) is 24.3 Å². The summed E-state index contributed by atoms with van der Waals surface area (Å²) in [5.74, 6) is 0.138. The highest BCUT2D eigenvalue weighted by Gasteiger charge is 2.29. The lowest BCUT2D eigenvalue weighted by molar-refractivity contribution is -0.141. The largest absolute Gasteiger partial charge is 0.406 e. The van der Waals surface area contributed by atoms with E-state index in [2.05, 4.69) is 25.2 Å². The number of carbonyl (C=O) groups is 1. The van der Waals surface area contributed by atoms with E-state index in [-0.39, 0.29) is 18.9 Å². The third-order valence-electron chi connectivity index (χ3n) is 3.03. The summed E-state index contributed by atoms with van der Waals surface area (Å²) in [5.41, 5.74) is 1.03. The van der Waals surface area contributed by atoms with Crippen LogP contribution in [0.2, 0.25) is 0 Å². The van der Waals surface area contributed by atoms with Gasteiger partial charge in [-0.2, -0.15) is 13.2 Å². The Bertz CT molecular complexity index is 666. The molecule has 2 amide bonds. The molecule has 126 valence electrons. The average Bonchev–Trinajstić information content (AvgIpc) is 3.04. The maximum Gasteiger partial charge on any atom is 0.406 e. The molecule has 0 aliphatic carbocycles. The Morgan fingerprint density at radius 1 is 1.43 bits per heavy atom. The van der Waals surface area contributed by atoms with Gasteiger partial charge in [-0.25, -0.2) is 14.4 Å². The fourth-order valence-electron chi connectivity index (χ4n) is 1.82. The molecule has 0 saturated heterocycles. The Morgan fingerprint density at radius 3 is 2.78 bits per heavy atom. The quantitative estimate of drug-likeness (QED) is 0.896. The smallest absolute Gasteiger partial charge is 0.332 e. The SMILES string of the molecule is Cc1nonc1CNC(=O)N(C)Cc1nccn1CC(F)(F)F. The van der Waals surface area contributed by atoms with Gasteiger partial charge in [-0.05, 0) is 6.92 Å². The second-order valence-corrected chi connectivity index (χ2v) is 4.90. The highest BCUT2D eigenvalue weighted by atomic mass is 19.4. The lowest BCUT2D eigenvalue weighted by atomic mass is 10.3. The van der Waals surface area contributed by atoms with Crippen molar-refractivity contribution in [2.75, 3.05) is 7.05 Å². The number of halogens is 3. The van der Waals surface area contributed by atoms with Gasteiger partial charge in [0, 0.05) is 19.4 Å². The topological polar surface area (TPSA) is 89.1 Å². The monoisotopic (exact) mass is 332 g/mol. The predicted octanol–water partition coefficient (Wildman–Crippen LogP) is 1.48. The van der Waals surface area contributed by atoms with Crippen LogP contribution in [0.5, 0.6) is 0 Å². The molecule has 2 aromatic rings. The number of nitrogens with zero attached hydrogens (tertiary/aromatic N) is 5. The summed E-state index contributed by atoms with van der Waals surface area (Å²) < 4.78 is 42.8. The molecule has 0 bridgehead atoms. The van der Waals surface area contributed by atoms with Crippen LogP contribution in [-0.4, -0.2) is 44.0 Å². The van der Waals surface area contributed by atoms with Crippen molar-refractivity contribution < 1.29 is 22.6 Å². The Labute approximate surface area is 129 Å². The molecule has 2 heterocycles. The second-order valence-electron chi connectivity index (χ2n) is 4.90. The van der Waals surface area contributed by atoms with Crippen LogP contribution in [0.3, 0.4) is 0 Å². The van der Waals surface area contributed by atoms with Gasteiger partial charge < -0.3 is 14.8 Å². The Balaban J connectivity index is 1.91. The first-order valence-electron chi connectivity index (χ1n) is 6.60. The molecule has 11 heteroatoms. The number of imidazole rings is 1. The summed E-state index contributed by atoms with van der Waals surface area (Å²) in [6, 6.07) is -0.478. The number of hydrogen-bond acceptors (Lipinski definition) is 5. The average molecular weight is 332 g/mol. The molecule has 0 fully saturated rings. The molecule has 0 aliphatic heterocycles. The van der Waals surface area contributed by atoms with E-state index in [9.17, 15) is 18.0 Å². The van der Waals surface area contributed by atoms with Gasteiger partial charge in [-0.3, -0.25) is 0 Å². The first-order valence-corrected chi connectivity index (χ1v) is 6.60. The predicted molar refractivity (Wildman–Crippen MR) is 71.0 cm³/mol. The summed E-state index contributed by atoms with van der Waals surface area (Å²) in [6.07, 6.45) is -1.87. The van der Waals surface area contributed by atoms with Gasteiger partial charge in [-0.1, -0.05) is 10.3 Å². The van der Waals surface area contributed by atoms with Crippen LogP contribution in [0.1, 0.15) is 17.2 Å². The minimum absolute atomic E-state index is 0.0645. The number of nitrogens with one attached hydrogen (secondary N) is 1. The van der Waals surface area contributed by atoms with Crippen molar-refractivity contribution in [3.05, 3.63) is 29.6 Å². The Hall–Kier alpha value is -2.59. The van der Waals surface area contributed by atoms with Gasteiger partial charge in [0.2, 0.25) is 0 Å². The molecule has 0 spiro atoms. The lowest BCUT2D eigenvalue weighted by Gasteiger charge is -2.18. The van der Waals surface area contributed by atoms with Crippen LogP contribution in [0.4, 0.5) is 18.0 Å². The molecule has 23 heavy (non-hydrogen) atoms. The number of rotatable bonds is 5. The van der Waals surface area contributed by atoms with Gasteiger partial charge in [-0.15, -0.1) is 0 Å². The maximum atomic E-state index is 12.4. The van der Waals surface area contributed by atoms with Crippen molar-refractivity contribution in [3.63, 3.8) is 0 Å². The van der Waals surface area contributed by atoms with E-state index in [0.717, 1.165) is 4.57 Å². The fraction of sp³-hybridized carbons (Fsp3) is 0.500. The molecule has 0 saturated carbocycles. The number of urea groups is 1. The van der Waals surface area contributed by atoms with Gasteiger partial charge in [0.1, 0.15) is 23.8 Å². The molecule has 0 atom stereocenters. The molecule has 2 rings (SSSR count). The fourth-order valence-corrected chi connectivity index (χ4v) is 1.82. The molecule has 1 N–H and O–H groups in total. The zero-order valence-corrected chi connectivity index (χ0v) is 12.5. The third-order valence-corrected chi connectivity index (χ3v) is 3.03. The van der Waals surface area contributed by atoms with Crippen molar-refractivity contribution in [3.8, 4) is 0 Å². The van der Waals surface area contributed by atoms with E-state index in [1.807, 2.05) is 0 Å². The van der Waals surface area contributed by atoms with Gasteiger partial charge >= 0.3 is 12.2 Å². The van der Waals surface area contributed by atoms with Crippen molar-refractivity contribution in [1.29, 1.82) is 0 Å². The standard InChI is InChI=1S/C12H15F3N6O2/c1-8-9(19-23-18-8)5-17-11(22)20(2)6-10-16-3-4-21(10)7-12(13,14)15/h3-4H,5-7H2,1-2H3,(H,17,22). The molecule has 0 unspecified atom stereocenters. The number of aromatic nitrogens is 4. The highest BCUT2D eigenvalue weighted by Crippen LogP contribution is 2.18. The van der Waals surface area contributed by atoms with Crippen molar-refractivity contribution >= 4 is 6.03 Å². The second kappa shape index (κ2) is 6.67. The molecule has 2 aromatic heterocycles. The summed E-state index contributed by atoms with van der Waals surface area (Å²) in [7, 11) is 1.45. The van der Waals surface area contributed by atoms with Crippen LogP contribution in [0, 0.1) is 6.92 Å². The van der Waals surface area contributed by atoms with E-state index in [0.29, 0.717) is 11.4 Å². The normalized spacial score (nSPS) is 11.5. The Kier molecular flexibility index (Phi) is 4.86. The number of alkyl halides is 3. The van der Waals surface area contributed by atoms with E-state index in [4.69, 9.17) is 0 Å². The van der Waals surface area contributed by atoms with E-state index >= 15 is 0 Å². The first kappa shape index (κ1) is 16.8. The lowest BCUT2D eigenvalue weighted by Crippen LogP contribution is -2.37. The number of hydrogen-bond donors (Lipinski definition) is 1. The molecular weight excluding hydrogens is 317 g/mol. The van der Waals surface area contributed by atoms with Crippen LogP contribution in [-0.2, 0) is 19.6 Å². The molecule has 0 aromatic carbocycles. The van der Waals surface area contributed by atoms with Crippen LogP contribution >= 0.6 is 0 Å². The minimum Gasteiger partial charge on any atom is -0.332 e. The van der Waals surface area contributed by atoms with Gasteiger partial charge in [0.05, 0.1) is 13.1 Å². The summed E-state index contributed by atoms with van der Waals surface area (Å²) >= 11 is 0. The van der Waals surface area contributed by atoms with Gasteiger partial charge in [0.25, 0.3) is 0 Å². The molecule has 8 nitrogen and oxygen atoms in total. The highest BCUT2D eigenvalue weighted by molar-refractivity contribution is 5.73. The minimum atomic E-state index is -4.35. The number of aryl methyl sites for hydroxylation is 1. The Morgan fingerprint density at radius 2 is 2.17 bits per heavy atom. The summed E-state index contributed by atoms with van der Waals surface area (Å²) in [6.45, 7) is 0.567. The molecule has 0 radical (unpaired) electrons. The van der Waals surface area contributed by atoms with Crippen LogP contribution in [0.15, 0.2) is 17.0 Å². The zero-order valence-electron chi connectivity index (χ0n) is 12.5.